The van der Waals surface area contributed by atoms with E-state index in [0.29, 0.717) is 35.2 Å². The summed E-state index contributed by atoms with van der Waals surface area (Å²) >= 11 is 0. The normalized spacial score (nSPS) is 10.8. The summed E-state index contributed by atoms with van der Waals surface area (Å²) in [5, 5.41) is 12.0. The molecule has 0 fully saturated rings. The first-order valence-electron chi connectivity index (χ1n) is 7.94. The molecule has 136 valence electrons. The van der Waals surface area contributed by atoms with E-state index >= 15 is 0 Å². The maximum atomic E-state index is 12.2. The number of amides is 1. The number of nitrogens with one attached hydrogen (secondary N) is 1. The lowest BCUT2D eigenvalue weighted by molar-refractivity contribution is -0.117. The van der Waals surface area contributed by atoms with Gasteiger partial charge in [-0.05, 0) is 42.8 Å². The molecule has 0 radical (unpaired) electrons. The van der Waals surface area contributed by atoms with Gasteiger partial charge in [0.05, 0.1) is 33.6 Å². The predicted molar refractivity (Wildman–Crippen MR) is 94.9 cm³/mol. The quantitative estimate of drug-likeness (QED) is 0.577. The van der Waals surface area contributed by atoms with Crippen LogP contribution in [0.3, 0.4) is 0 Å². The first-order valence-corrected chi connectivity index (χ1v) is 7.94. The van der Waals surface area contributed by atoms with Crippen LogP contribution in [0.4, 0.5) is 0 Å². The number of furan rings is 1. The summed E-state index contributed by atoms with van der Waals surface area (Å²) in [6.45, 7) is 2.49. The first-order chi connectivity index (χ1) is 12.6. The van der Waals surface area contributed by atoms with Gasteiger partial charge in [-0.1, -0.05) is 0 Å². The molecule has 7 heteroatoms. The third-order valence-corrected chi connectivity index (χ3v) is 3.45. The lowest BCUT2D eigenvalue weighted by Crippen LogP contribution is -2.23. The van der Waals surface area contributed by atoms with E-state index in [9.17, 15) is 10.1 Å². The molecule has 0 bridgehead atoms. The molecule has 2 aromatic rings. The molecular weight excluding hydrogens is 336 g/mol. The second kappa shape index (κ2) is 9.18. The topological polar surface area (TPSA) is 93.7 Å². The molecule has 0 saturated heterocycles. The molecule has 1 heterocycles. The third-order valence-electron chi connectivity index (χ3n) is 3.45. The highest BCUT2D eigenvalue weighted by molar-refractivity contribution is 6.01. The van der Waals surface area contributed by atoms with Crippen LogP contribution in [0.1, 0.15) is 18.2 Å². The minimum Gasteiger partial charge on any atom is -0.493 e. The number of ether oxygens (including phenoxy) is 3. The average Bonchev–Trinajstić information content (AvgIpc) is 3.18. The fourth-order valence-corrected chi connectivity index (χ4v) is 2.26. The first kappa shape index (κ1) is 18.9. The van der Waals surface area contributed by atoms with Gasteiger partial charge in [-0.25, -0.2) is 0 Å². The third kappa shape index (κ3) is 4.57. The minimum absolute atomic E-state index is 0.0511. The molecule has 26 heavy (non-hydrogen) atoms. The van der Waals surface area contributed by atoms with Gasteiger partial charge in [0, 0.05) is 0 Å². The number of carbonyl (C=O) groups excluding carboxylic acids is 1. The van der Waals surface area contributed by atoms with Crippen LogP contribution in [0.2, 0.25) is 0 Å². The van der Waals surface area contributed by atoms with E-state index in [4.69, 9.17) is 18.6 Å². The highest BCUT2D eigenvalue weighted by Gasteiger charge is 2.15. The Labute approximate surface area is 151 Å². The van der Waals surface area contributed by atoms with Crippen molar-refractivity contribution in [2.75, 3.05) is 20.8 Å². The van der Waals surface area contributed by atoms with E-state index in [0.717, 1.165) is 0 Å². The van der Waals surface area contributed by atoms with E-state index in [1.165, 1.54) is 26.6 Å². The molecule has 1 N–H and O–H groups in total. The van der Waals surface area contributed by atoms with E-state index in [1.807, 2.05) is 13.0 Å². The van der Waals surface area contributed by atoms with Crippen LogP contribution < -0.4 is 19.5 Å². The van der Waals surface area contributed by atoms with Crippen molar-refractivity contribution in [2.24, 2.45) is 0 Å². The van der Waals surface area contributed by atoms with E-state index in [-0.39, 0.29) is 12.1 Å². The number of rotatable bonds is 8. The lowest BCUT2D eigenvalue weighted by Gasteiger charge is -2.14. The molecule has 7 nitrogen and oxygen atoms in total. The van der Waals surface area contributed by atoms with Crippen LogP contribution in [0.15, 0.2) is 40.5 Å². The zero-order chi connectivity index (χ0) is 18.9. The highest BCUT2D eigenvalue weighted by Crippen LogP contribution is 2.39. The van der Waals surface area contributed by atoms with Crippen molar-refractivity contribution >= 4 is 12.0 Å². The monoisotopic (exact) mass is 356 g/mol. The summed E-state index contributed by atoms with van der Waals surface area (Å²) in [6.07, 6.45) is 2.97. The van der Waals surface area contributed by atoms with Gasteiger partial charge >= 0.3 is 0 Å². The van der Waals surface area contributed by atoms with Crippen LogP contribution in [0.5, 0.6) is 17.2 Å². The van der Waals surface area contributed by atoms with Gasteiger partial charge in [0.1, 0.15) is 17.4 Å². The smallest absolute Gasteiger partial charge is 0.262 e. The molecule has 0 aliphatic rings. The Balaban J connectivity index is 2.26. The number of hydrogen-bond donors (Lipinski definition) is 1. The highest BCUT2D eigenvalue weighted by atomic mass is 16.5. The Morgan fingerprint density at radius 2 is 2.00 bits per heavy atom. The summed E-state index contributed by atoms with van der Waals surface area (Å²) in [5.41, 5.74) is 0.525. The van der Waals surface area contributed by atoms with Crippen LogP contribution >= 0.6 is 0 Å². The van der Waals surface area contributed by atoms with Crippen LogP contribution in [-0.2, 0) is 11.3 Å². The number of benzene rings is 1. The molecule has 0 aliphatic heterocycles. The fourth-order valence-electron chi connectivity index (χ4n) is 2.26. The van der Waals surface area contributed by atoms with E-state index in [2.05, 4.69) is 5.32 Å². The summed E-state index contributed by atoms with van der Waals surface area (Å²) in [6, 6.07) is 8.70. The number of nitriles is 1. The molecular formula is C19H20N2O5. The van der Waals surface area contributed by atoms with Crippen molar-refractivity contribution in [1.82, 2.24) is 5.32 Å². The fraction of sp³-hybridized carbons (Fsp3) is 0.263. The zero-order valence-corrected chi connectivity index (χ0v) is 14.9. The van der Waals surface area contributed by atoms with Gasteiger partial charge in [-0.15, -0.1) is 0 Å². The molecule has 0 unspecified atom stereocenters. The van der Waals surface area contributed by atoms with E-state index in [1.54, 1.807) is 24.3 Å². The molecule has 0 atom stereocenters. The predicted octanol–water partition coefficient (Wildman–Crippen LogP) is 2.92. The van der Waals surface area contributed by atoms with Crippen molar-refractivity contribution in [2.45, 2.75) is 13.5 Å². The summed E-state index contributed by atoms with van der Waals surface area (Å²) in [7, 11) is 3.01. The molecule has 1 aromatic carbocycles. The Bertz CT molecular complexity index is 794. The largest absolute Gasteiger partial charge is 0.493 e. The Kier molecular flexibility index (Phi) is 6.68. The lowest BCUT2D eigenvalue weighted by atomic mass is 10.1. The summed E-state index contributed by atoms with van der Waals surface area (Å²) in [4.78, 5) is 12.2. The van der Waals surface area contributed by atoms with Crippen molar-refractivity contribution in [3.05, 3.63) is 47.4 Å². The van der Waals surface area contributed by atoms with Crippen molar-refractivity contribution in [3.63, 3.8) is 0 Å². The number of nitrogens with zero attached hydrogens (tertiary/aromatic N) is 1. The van der Waals surface area contributed by atoms with Crippen LogP contribution in [0.25, 0.3) is 6.08 Å². The van der Waals surface area contributed by atoms with Crippen molar-refractivity contribution in [3.8, 4) is 23.3 Å². The number of methoxy groups -OCH3 is 2. The number of hydrogen-bond acceptors (Lipinski definition) is 6. The maximum Gasteiger partial charge on any atom is 0.262 e. The van der Waals surface area contributed by atoms with Crippen LogP contribution in [-0.4, -0.2) is 26.7 Å². The number of carbonyl (C=O) groups is 1. The SMILES string of the molecule is CCOc1c(OC)cc(/C=C(/C#N)C(=O)NCc2ccco2)cc1OC. The van der Waals surface area contributed by atoms with Gasteiger partial charge in [0.15, 0.2) is 11.5 Å². The summed E-state index contributed by atoms with van der Waals surface area (Å²) in [5.74, 6) is 1.46. The molecule has 0 spiro atoms. The maximum absolute atomic E-state index is 12.2. The molecule has 0 aliphatic carbocycles. The van der Waals surface area contributed by atoms with Gasteiger partial charge in [-0.2, -0.15) is 5.26 Å². The van der Waals surface area contributed by atoms with Gasteiger partial charge < -0.3 is 23.9 Å². The Morgan fingerprint density at radius 3 is 2.50 bits per heavy atom. The molecule has 2 rings (SSSR count). The van der Waals surface area contributed by atoms with Crippen molar-refractivity contribution < 1.29 is 23.4 Å². The molecule has 1 amide bonds. The molecule has 0 saturated carbocycles. The van der Waals surface area contributed by atoms with Gasteiger partial charge in [0.25, 0.3) is 5.91 Å². The minimum atomic E-state index is -0.504. The van der Waals surface area contributed by atoms with Gasteiger partial charge in [-0.3, -0.25) is 4.79 Å². The zero-order valence-electron chi connectivity index (χ0n) is 14.9. The second-order valence-corrected chi connectivity index (χ2v) is 5.12. The van der Waals surface area contributed by atoms with Crippen LogP contribution in [0, 0.1) is 11.3 Å². The second-order valence-electron chi connectivity index (χ2n) is 5.12. The Morgan fingerprint density at radius 1 is 1.31 bits per heavy atom. The summed E-state index contributed by atoms with van der Waals surface area (Å²) < 4.78 is 21.3. The van der Waals surface area contributed by atoms with E-state index < -0.39 is 5.91 Å². The Hall–Kier alpha value is -3.40. The standard InChI is InChI=1S/C19H20N2O5/c1-4-25-18-16(23-2)9-13(10-17(18)24-3)8-14(11-20)19(22)21-12-15-6-5-7-26-15/h5-10H,4,12H2,1-3H3,(H,21,22)/b14-8-. The van der Waals surface area contributed by atoms with Crippen molar-refractivity contribution in [1.29, 1.82) is 5.26 Å². The average molecular weight is 356 g/mol. The van der Waals surface area contributed by atoms with Gasteiger partial charge in [0.2, 0.25) is 5.75 Å². The molecule has 1 aromatic heterocycles.